The van der Waals surface area contributed by atoms with E-state index in [0.717, 1.165) is 18.7 Å². The fourth-order valence-electron chi connectivity index (χ4n) is 2.03. The van der Waals surface area contributed by atoms with Crippen molar-refractivity contribution in [3.63, 3.8) is 0 Å². The van der Waals surface area contributed by atoms with Gasteiger partial charge in [-0.2, -0.15) is 0 Å². The summed E-state index contributed by atoms with van der Waals surface area (Å²) in [4.78, 5) is 13.7. The molecule has 0 aromatic heterocycles. The van der Waals surface area contributed by atoms with Crippen LogP contribution in [-0.4, -0.2) is 43.6 Å². The van der Waals surface area contributed by atoms with Gasteiger partial charge in [-0.1, -0.05) is 29.8 Å². The molecule has 6 heteroatoms. The van der Waals surface area contributed by atoms with Crippen molar-refractivity contribution in [2.24, 2.45) is 0 Å². The molecule has 0 saturated carbocycles. The van der Waals surface area contributed by atoms with Crippen molar-refractivity contribution in [2.75, 3.05) is 26.7 Å². The highest BCUT2D eigenvalue weighted by atomic mass is 35.5. The lowest BCUT2D eigenvalue weighted by Crippen LogP contribution is -2.42. The van der Waals surface area contributed by atoms with Gasteiger partial charge in [-0.3, -0.25) is 10.1 Å². The Hall–Kier alpha value is -1.23. The minimum atomic E-state index is -0.172. The number of nitrogens with one attached hydrogen (secondary N) is 1. The van der Waals surface area contributed by atoms with Crippen molar-refractivity contribution in [1.82, 2.24) is 10.2 Å². The number of amides is 1. The van der Waals surface area contributed by atoms with Crippen LogP contribution in [-0.2, 0) is 4.79 Å². The van der Waals surface area contributed by atoms with E-state index in [-0.39, 0.29) is 24.4 Å². The molecule has 0 aliphatic carbocycles. The fourth-order valence-corrected chi connectivity index (χ4v) is 2.21. The Balaban J connectivity index is 0.00000220. The van der Waals surface area contributed by atoms with Crippen LogP contribution >= 0.6 is 24.0 Å². The monoisotopic (exact) mass is 330 g/mol. The van der Waals surface area contributed by atoms with Crippen LogP contribution in [0.5, 0.6) is 5.75 Å². The lowest BCUT2D eigenvalue weighted by molar-refractivity contribution is -0.130. The van der Waals surface area contributed by atoms with Crippen molar-refractivity contribution in [2.45, 2.75) is 12.5 Å². The van der Waals surface area contributed by atoms with Gasteiger partial charge in [-0.15, -0.1) is 12.4 Å². The van der Waals surface area contributed by atoms with Crippen LogP contribution in [0.15, 0.2) is 36.4 Å². The lowest BCUT2D eigenvalue weighted by Gasteiger charge is -2.20. The molecule has 1 atom stereocenters. The van der Waals surface area contributed by atoms with Gasteiger partial charge in [-0.05, 0) is 24.6 Å². The van der Waals surface area contributed by atoms with E-state index in [1.54, 1.807) is 11.0 Å². The third kappa shape index (κ3) is 5.58. The number of hydrogen-bond acceptors (Lipinski definition) is 3. The Morgan fingerprint density at radius 2 is 2.33 bits per heavy atom. The third-order valence-electron chi connectivity index (χ3n) is 3.13. The van der Waals surface area contributed by atoms with Crippen LogP contribution in [0.3, 0.4) is 0 Å². The maximum atomic E-state index is 12.0. The summed E-state index contributed by atoms with van der Waals surface area (Å²) in [7, 11) is 1.82. The molecule has 0 fully saturated rings. The molecule has 1 aliphatic heterocycles. The number of rotatable bonds is 6. The number of ether oxygens (including phenoxy) is 1. The predicted molar refractivity (Wildman–Crippen MR) is 87.4 cm³/mol. The molecule has 1 N–H and O–H groups in total. The van der Waals surface area contributed by atoms with E-state index in [9.17, 15) is 4.79 Å². The molecule has 0 saturated heterocycles. The topological polar surface area (TPSA) is 41.6 Å². The summed E-state index contributed by atoms with van der Waals surface area (Å²) in [6.45, 7) is 2.00. The van der Waals surface area contributed by atoms with Crippen LogP contribution in [0.2, 0.25) is 5.02 Å². The molecule has 0 bridgehead atoms. The van der Waals surface area contributed by atoms with Gasteiger partial charge in [0.15, 0.2) is 0 Å². The SMILES string of the molecule is CN(CCCOc1cccc(Cl)c1)C(=O)C1C=CCN1.Cl. The van der Waals surface area contributed by atoms with Gasteiger partial charge < -0.3 is 9.64 Å². The van der Waals surface area contributed by atoms with E-state index in [0.29, 0.717) is 18.2 Å². The highest BCUT2D eigenvalue weighted by Crippen LogP contribution is 2.17. The molecular formula is C15H20Cl2N2O2. The second-order valence-electron chi connectivity index (χ2n) is 4.73. The molecule has 1 heterocycles. The number of likely N-dealkylation sites (N-methyl/N-ethyl adjacent to an activating group) is 1. The van der Waals surface area contributed by atoms with Crippen molar-refractivity contribution in [3.8, 4) is 5.75 Å². The maximum Gasteiger partial charge on any atom is 0.243 e. The minimum absolute atomic E-state index is 0. The van der Waals surface area contributed by atoms with E-state index in [4.69, 9.17) is 16.3 Å². The zero-order valence-corrected chi connectivity index (χ0v) is 13.5. The maximum absolute atomic E-state index is 12.0. The molecule has 2 rings (SSSR count). The highest BCUT2D eigenvalue weighted by Gasteiger charge is 2.20. The van der Waals surface area contributed by atoms with Crippen molar-refractivity contribution >= 4 is 29.9 Å². The molecule has 0 spiro atoms. The molecule has 1 aromatic rings. The Bertz CT molecular complexity index is 494. The van der Waals surface area contributed by atoms with Crippen LogP contribution in [0.4, 0.5) is 0 Å². The van der Waals surface area contributed by atoms with Gasteiger partial charge in [0.1, 0.15) is 11.8 Å². The van der Waals surface area contributed by atoms with Crippen molar-refractivity contribution < 1.29 is 9.53 Å². The van der Waals surface area contributed by atoms with E-state index < -0.39 is 0 Å². The molecule has 1 aliphatic rings. The summed E-state index contributed by atoms with van der Waals surface area (Å²) < 4.78 is 5.59. The molecule has 1 unspecified atom stereocenters. The quantitative estimate of drug-likeness (QED) is 0.643. The first-order valence-corrected chi connectivity index (χ1v) is 7.08. The zero-order valence-electron chi connectivity index (χ0n) is 11.9. The van der Waals surface area contributed by atoms with E-state index in [2.05, 4.69) is 5.32 Å². The Labute approximate surface area is 136 Å². The Morgan fingerprint density at radius 1 is 1.52 bits per heavy atom. The van der Waals surface area contributed by atoms with Crippen LogP contribution < -0.4 is 10.1 Å². The first-order valence-electron chi connectivity index (χ1n) is 6.70. The summed E-state index contributed by atoms with van der Waals surface area (Å²) in [5.74, 6) is 0.855. The Morgan fingerprint density at radius 3 is 3.00 bits per heavy atom. The minimum Gasteiger partial charge on any atom is -0.493 e. The van der Waals surface area contributed by atoms with Crippen LogP contribution in [0.1, 0.15) is 6.42 Å². The second kappa shape index (κ2) is 8.93. The summed E-state index contributed by atoms with van der Waals surface area (Å²) in [5, 5.41) is 3.77. The predicted octanol–water partition coefficient (Wildman–Crippen LogP) is 2.52. The van der Waals surface area contributed by atoms with Gasteiger partial charge in [0.05, 0.1) is 6.61 Å². The molecule has 1 amide bonds. The second-order valence-corrected chi connectivity index (χ2v) is 5.17. The van der Waals surface area contributed by atoms with E-state index in [1.165, 1.54) is 0 Å². The third-order valence-corrected chi connectivity index (χ3v) is 3.36. The normalized spacial score (nSPS) is 16.4. The Kier molecular flexibility index (Phi) is 7.57. The average Bonchev–Trinajstić information content (AvgIpc) is 2.96. The summed E-state index contributed by atoms with van der Waals surface area (Å²) in [5.41, 5.74) is 0. The molecule has 21 heavy (non-hydrogen) atoms. The number of halogens is 2. The van der Waals surface area contributed by atoms with Gasteiger partial charge >= 0.3 is 0 Å². The largest absolute Gasteiger partial charge is 0.493 e. The van der Waals surface area contributed by atoms with E-state index >= 15 is 0 Å². The number of carbonyl (C=O) groups is 1. The zero-order chi connectivity index (χ0) is 14.4. The lowest BCUT2D eigenvalue weighted by atomic mass is 10.2. The summed E-state index contributed by atoms with van der Waals surface area (Å²) in [6, 6.07) is 7.14. The van der Waals surface area contributed by atoms with Gasteiger partial charge in [-0.25, -0.2) is 0 Å². The van der Waals surface area contributed by atoms with Crippen molar-refractivity contribution in [3.05, 3.63) is 41.4 Å². The van der Waals surface area contributed by atoms with Gasteiger partial charge in [0.2, 0.25) is 5.91 Å². The van der Waals surface area contributed by atoms with Crippen LogP contribution in [0, 0.1) is 0 Å². The highest BCUT2D eigenvalue weighted by molar-refractivity contribution is 6.30. The summed E-state index contributed by atoms with van der Waals surface area (Å²) >= 11 is 5.88. The molecule has 1 aromatic carbocycles. The van der Waals surface area contributed by atoms with Crippen LogP contribution in [0.25, 0.3) is 0 Å². The average molecular weight is 331 g/mol. The molecular weight excluding hydrogens is 311 g/mol. The number of carbonyl (C=O) groups excluding carboxylic acids is 1. The van der Waals surface area contributed by atoms with Gasteiger partial charge in [0, 0.05) is 25.2 Å². The molecule has 0 radical (unpaired) electrons. The smallest absolute Gasteiger partial charge is 0.243 e. The first kappa shape index (κ1) is 17.8. The first-order chi connectivity index (χ1) is 9.66. The molecule has 4 nitrogen and oxygen atoms in total. The van der Waals surface area contributed by atoms with Crippen molar-refractivity contribution in [1.29, 1.82) is 0 Å². The number of benzene rings is 1. The standard InChI is InChI=1S/C15H19ClN2O2.ClH/c1-18(15(19)14-7-3-8-17-14)9-4-10-20-13-6-2-5-12(16)11-13;/h2-3,5-7,11,14,17H,4,8-10H2,1H3;1H. The number of nitrogens with zero attached hydrogens (tertiary/aromatic N) is 1. The fraction of sp³-hybridized carbons (Fsp3) is 0.400. The molecule has 116 valence electrons. The summed E-state index contributed by atoms with van der Waals surface area (Å²) in [6.07, 6.45) is 4.66. The van der Waals surface area contributed by atoms with E-state index in [1.807, 2.05) is 37.4 Å². The number of hydrogen-bond donors (Lipinski definition) is 1. The van der Waals surface area contributed by atoms with Gasteiger partial charge in [0.25, 0.3) is 0 Å².